The number of benzene rings is 1. The van der Waals surface area contributed by atoms with Crippen LogP contribution < -0.4 is 0 Å². The van der Waals surface area contributed by atoms with Crippen molar-refractivity contribution in [2.24, 2.45) is 0 Å². The minimum atomic E-state index is 0.628. The summed E-state index contributed by atoms with van der Waals surface area (Å²) in [5.41, 5.74) is 3.70. The Labute approximate surface area is 98.5 Å². The molecule has 1 aromatic carbocycles. The number of pyridine rings is 1. The Balaban J connectivity index is 2.50. The fourth-order valence-electron chi connectivity index (χ4n) is 2.38. The highest BCUT2D eigenvalue weighted by Gasteiger charge is 2.19. The minimum Gasteiger partial charge on any atom is -0.251 e. The first kappa shape index (κ1) is 9.62. The van der Waals surface area contributed by atoms with Crippen LogP contribution in [0.15, 0.2) is 18.2 Å². The van der Waals surface area contributed by atoms with Crippen LogP contribution in [0.5, 0.6) is 0 Å². The average Bonchev–Trinajstić information content (AvgIpc) is 2.75. The van der Waals surface area contributed by atoms with Gasteiger partial charge in [-0.25, -0.2) is 0 Å². The van der Waals surface area contributed by atoms with E-state index in [1.807, 2.05) is 18.2 Å². The fourth-order valence-corrected chi connectivity index (χ4v) is 2.59. The van der Waals surface area contributed by atoms with Gasteiger partial charge in [0.05, 0.1) is 16.1 Å². The second-order valence-electron chi connectivity index (χ2n) is 4.01. The zero-order chi connectivity index (χ0) is 11.1. The molecule has 78 valence electrons. The molecule has 0 saturated carbocycles. The van der Waals surface area contributed by atoms with Crippen molar-refractivity contribution in [2.45, 2.75) is 19.3 Å². The minimum absolute atomic E-state index is 0.628. The van der Waals surface area contributed by atoms with E-state index in [1.54, 1.807) is 0 Å². The van der Waals surface area contributed by atoms with Gasteiger partial charge in [0.15, 0.2) is 0 Å². The molecule has 3 rings (SSSR count). The van der Waals surface area contributed by atoms with Crippen molar-refractivity contribution in [3.8, 4) is 6.07 Å². The Bertz CT molecular complexity index is 626. The quantitative estimate of drug-likeness (QED) is 0.694. The molecule has 2 nitrogen and oxygen atoms in total. The summed E-state index contributed by atoms with van der Waals surface area (Å²) in [4.78, 5) is 4.58. The van der Waals surface area contributed by atoms with Crippen molar-refractivity contribution >= 4 is 22.5 Å². The molecule has 3 heteroatoms. The average molecular weight is 229 g/mol. The summed E-state index contributed by atoms with van der Waals surface area (Å²) in [6.07, 6.45) is 3.02. The van der Waals surface area contributed by atoms with Gasteiger partial charge in [0.1, 0.15) is 6.07 Å². The molecule has 0 saturated heterocycles. The first-order valence-electron chi connectivity index (χ1n) is 5.31. The van der Waals surface area contributed by atoms with Crippen molar-refractivity contribution < 1.29 is 0 Å². The Hall–Kier alpha value is -1.59. The molecule has 0 aliphatic heterocycles. The van der Waals surface area contributed by atoms with Crippen LogP contribution in [0.25, 0.3) is 10.9 Å². The predicted molar refractivity (Wildman–Crippen MR) is 63.5 cm³/mol. The predicted octanol–water partition coefficient (Wildman–Crippen LogP) is 3.25. The van der Waals surface area contributed by atoms with E-state index in [4.69, 9.17) is 11.6 Å². The molecule has 0 radical (unpaired) electrons. The third kappa shape index (κ3) is 1.22. The summed E-state index contributed by atoms with van der Waals surface area (Å²) < 4.78 is 0. The smallest absolute Gasteiger partial charge is 0.100 e. The van der Waals surface area contributed by atoms with Gasteiger partial charge in [0, 0.05) is 11.1 Å². The summed E-state index contributed by atoms with van der Waals surface area (Å²) >= 11 is 6.12. The van der Waals surface area contributed by atoms with Crippen LogP contribution >= 0.6 is 11.6 Å². The van der Waals surface area contributed by atoms with Gasteiger partial charge >= 0.3 is 0 Å². The number of fused-ring (bicyclic) bond motifs is 2. The van der Waals surface area contributed by atoms with Crippen LogP contribution in [0.2, 0.25) is 5.02 Å². The van der Waals surface area contributed by atoms with Gasteiger partial charge < -0.3 is 0 Å². The van der Waals surface area contributed by atoms with E-state index in [0.29, 0.717) is 5.02 Å². The lowest BCUT2D eigenvalue weighted by atomic mass is 10.0. The van der Waals surface area contributed by atoms with E-state index >= 15 is 0 Å². The molecule has 0 unspecified atom stereocenters. The van der Waals surface area contributed by atoms with Crippen molar-refractivity contribution in [3.63, 3.8) is 0 Å². The number of nitriles is 1. The van der Waals surface area contributed by atoms with E-state index in [1.165, 1.54) is 0 Å². The number of aryl methyl sites for hydroxylation is 1. The van der Waals surface area contributed by atoms with Crippen LogP contribution in [0.4, 0.5) is 0 Å². The second-order valence-corrected chi connectivity index (χ2v) is 4.42. The monoisotopic (exact) mass is 228 g/mol. The zero-order valence-corrected chi connectivity index (χ0v) is 9.38. The Morgan fingerprint density at radius 1 is 1.31 bits per heavy atom. The van der Waals surface area contributed by atoms with Crippen molar-refractivity contribution in [1.82, 2.24) is 4.98 Å². The lowest BCUT2D eigenvalue weighted by Crippen LogP contribution is -1.95. The number of hydrogen-bond donors (Lipinski definition) is 0. The molecule has 0 fully saturated rings. The molecule has 16 heavy (non-hydrogen) atoms. The number of nitrogens with zero attached hydrogens (tertiary/aromatic N) is 2. The van der Waals surface area contributed by atoms with Crippen LogP contribution in [-0.2, 0) is 12.8 Å². The lowest BCUT2D eigenvalue weighted by Gasteiger charge is -2.07. The Kier molecular flexibility index (Phi) is 2.08. The van der Waals surface area contributed by atoms with Gasteiger partial charge in [-0.2, -0.15) is 5.26 Å². The molecule has 1 heterocycles. The van der Waals surface area contributed by atoms with Crippen LogP contribution in [0, 0.1) is 11.3 Å². The van der Waals surface area contributed by atoms with Crippen LogP contribution in [0.1, 0.15) is 23.2 Å². The highest BCUT2D eigenvalue weighted by atomic mass is 35.5. The molecule has 0 N–H and O–H groups in total. The standard InChI is InChI=1S/C13H9ClN2/c14-11-5-1-4-9-10(7-15)8-3-2-6-12(8)16-13(9)11/h1,4-5H,2-3,6H2. The normalized spacial score (nSPS) is 13.8. The molecular weight excluding hydrogens is 220 g/mol. The maximum atomic E-state index is 9.27. The first-order chi connectivity index (χ1) is 7.81. The molecule has 1 aliphatic rings. The Morgan fingerprint density at radius 2 is 2.19 bits per heavy atom. The van der Waals surface area contributed by atoms with Gasteiger partial charge in [-0.15, -0.1) is 0 Å². The second kappa shape index (κ2) is 3.47. The van der Waals surface area contributed by atoms with Gasteiger partial charge in [-0.3, -0.25) is 4.98 Å². The molecule has 1 aliphatic carbocycles. The van der Waals surface area contributed by atoms with Crippen LogP contribution in [0.3, 0.4) is 0 Å². The molecular formula is C13H9ClN2. The highest BCUT2D eigenvalue weighted by molar-refractivity contribution is 6.35. The molecule has 0 spiro atoms. The van der Waals surface area contributed by atoms with Crippen molar-refractivity contribution in [3.05, 3.63) is 40.0 Å². The number of hydrogen-bond acceptors (Lipinski definition) is 2. The van der Waals surface area contributed by atoms with E-state index in [-0.39, 0.29) is 0 Å². The van der Waals surface area contributed by atoms with Gasteiger partial charge in [-0.05, 0) is 30.9 Å². The van der Waals surface area contributed by atoms with E-state index in [2.05, 4.69) is 11.1 Å². The lowest BCUT2D eigenvalue weighted by molar-refractivity contribution is 0.901. The van der Waals surface area contributed by atoms with Gasteiger partial charge in [0.25, 0.3) is 0 Å². The maximum absolute atomic E-state index is 9.27. The maximum Gasteiger partial charge on any atom is 0.100 e. The Morgan fingerprint density at radius 3 is 3.00 bits per heavy atom. The summed E-state index contributed by atoms with van der Waals surface area (Å²) in [7, 11) is 0. The molecule has 0 bridgehead atoms. The summed E-state index contributed by atoms with van der Waals surface area (Å²) in [5.74, 6) is 0. The van der Waals surface area contributed by atoms with Crippen molar-refractivity contribution in [1.29, 1.82) is 5.26 Å². The van der Waals surface area contributed by atoms with E-state index in [0.717, 1.165) is 47.0 Å². The number of aromatic nitrogens is 1. The molecule has 0 atom stereocenters. The number of halogens is 1. The summed E-state index contributed by atoms with van der Waals surface area (Å²) in [6, 6.07) is 7.91. The topological polar surface area (TPSA) is 36.7 Å². The first-order valence-corrected chi connectivity index (χ1v) is 5.69. The third-order valence-electron chi connectivity index (χ3n) is 3.11. The number of rotatable bonds is 0. The highest BCUT2D eigenvalue weighted by Crippen LogP contribution is 2.32. The van der Waals surface area contributed by atoms with Gasteiger partial charge in [-0.1, -0.05) is 23.7 Å². The molecule has 1 aromatic heterocycles. The summed E-state index contributed by atoms with van der Waals surface area (Å²) in [6.45, 7) is 0. The van der Waals surface area contributed by atoms with E-state index < -0.39 is 0 Å². The SMILES string of the molecule is N#Cc1c2c(nc3c(Cl)cccc13)CCC2. The number of para-hydroxylation sites is 1. The van der Waals surface area contributed by atoms with Crippen LogP contribution in [-0.4, -0.2) is 4.98 Å². The fraction of sp³-hybridized carbons (Fsp3) is 0.231. The zero-order valence-electron chi connectivity index (χ0n) is 8.63. The largest absolute Gasteiger partial charge is 0.251 e. The van der Waals surface area contributed by atoms with Crippen molar-refractivity contribution in [2.75, 3.05) is 0 Å². The molecule has 0 amide bonds. The summed E-state index contributed by atoms with van der Waals surface area (Å²) in [5, 5.41) is 10.8. The van der Waals surface area contributed by atoms with Gasteiger partial charge in [0.2, 0.25) is 0 Å². The molecule has 2 aromatic rings. The van der Waals surface area contributed by atoms with E-state index in [9.17, 15) is 5.26 Å². The third-order valence-corrected chi connectivity index (χ3v) is 3.41.